The number of hydrogen-bond acceptors (Lipinski definition) is 3. The highest BCUT2D eigenvalue weighted by atomic mass is 19.1. The first-order valence-electron chi connectivity index (χ1n) is 7.92. The van der Waals surface area contributed by atoms with Crippen LogP contribution in [0.1, 0.15) is 23.5 Å². The van der Waals surface area contributed by atoms with Crippen molar-refractivity contribution in [3.8, 4) is 0 Å². The number of carbonyl (C=O) groups is 1. The number of nitrogens with two attached hydrogens (primary N) is 1. The molecule has 0 saturated carbocycles. The smallest absolute Gasteiger partial charge is 0.224 e. The molecular formula is C17H20F2N4O. The molecule has 1 amide bonds. The van der Waals surface area contributed by atoms with Crippen LogP contribution in [-0.2, 0) is 24.3 Å². The number of fused-ring (bicyclic) bond motifs is 1. The molecule has 0 fully saturated rings. The van der Waals surface area contributed by atoms with Crippen LogP contribution in [0.3, 0.4) is 0 Å². The van der Waals surface area contributed by atoms with E-state index in [0.29, 0.717) is 25.2 Å². The summed E-state index contributed by atoms with van der Waals surface area (Å²) in [5.41, 5.74) is 7.24. The zero-order valence-corrected chi connectivity index (χ0v) is 13.5. The summed E-state index contributed by atoms with van der Waals surface area (Å²) in [6.45, 7) is 3.71. The molecule has 1 aliphatic rings. The van der Waals surface area contributed by atoms with Crippen LogP contribution in [0.5, 0.6) is 0 Å². The molecule has 0 unspecified atom stereocenters. The minimum absolute atomic E-state index is 0.0723. The van der Waals surface area contributed by atoms with Crippen molar-refractivity contribution in [2.75, 3.05) is 6.54 Å². The molecule has 128 valence electrons. The van der Waals surface area contributed by atoms with Crippen LogP contribution in [0.25, 0.3) is 0 Å². The largest absolute Gasteiger partial charge is 0.333 e. The summed E-state index contributed by atoms with van der Waals surface area (Å²) < 4.78 is 28.6. The van der Waals surface area contributed by atoms with E-state index in [9.17, 15) is 13.6 Å². The molecular weight excluding hydrogens is 314 g/mol. The number of rotatable bonds is 4. The Morgan fingerprint density at radius 3 is 2.92 bits per heavy atom. The summed E-state index contributed by atoms with van der Waals surface area (Å²) in [5, 5.41) is 0. The van der Waals surface area contributed by atoms with Crippen molar-refractivity contribution >= 4 is 5.91 Å². The Hall–Kier alpha value is -2.28. The maximum absolute atomic E-state index is 13.7. The lowest BCUT2D eigenvalue weighted by Gasteiger charge is -2.28. The summed E-state index contributed by atoms with van der Waals surface area (Å²) in [7, 11) is 0. The van der Waals surface area contributed by atoms with Crippen LogP contribution in [-0.4, -0.2) is 32.9 Å². The van der Waals surface area contributed by atoms with E-state index in [1.54, 1.807) is 4.90 Å². The Morgan fingerprint density at radius 2 is 2.17 bits per heavy atom. The van der Waals surface area contributed by atoms with E-state index >= 15 is 0 Å². The SMILES string of the molecule is Cc1cn2c(n1)CN(C(=O)C[C@H](N)Cc1ccc(F)cc1F)CC2. The Bertz CT molecular complexity index is 759. The number of hydrogen-bond donors (Lipinski definition) is 1. The molecule has 0 saturated heterocycles. The minimum Gasteiger partial charge on any atom is -0.333 e. The van der Waals surface area contributed by atoms with Gasteiger partial charge in [0.1, 0.15) is 17.5 Å². The van der Waals surface area contributed by atoms with Crippen LogP contribution >= 0.6 is 0 Å². The Balaban J connectivity index is 1.58. The molecule has 1 aromatic carbocycles. The van der Waals surface area contributed by atoms with E-state index in [1.165, 1.54) is 12.1 Å². The average molecular weight is 334 g/mol. The molecule has 2 heterocycles. The predicted octanol–water partition coefficient (Wildman–Crippen LogP) is 1.77. The Kier molecular flexibility index (Phi) is 4.62. The molecule has 24 heavy (non-hydrogen) atoms. The van der Waals surface area contributed by atoms with Crippen molar-refractivity contribution in [3.63, 3.8) is 0 Å². The first-order valence-corrected chi connectivity index (χ1v) is 7.92. The van der Waals surface area contributed by atoms with Gasteiger partial charge in [0, 0.05) is 37.8 Å². The third-order valence-corrected chi connectivity index (χ3v) is 4.21. The summed E-state index contributed by atoms with van der Waals surface area (Å²) in [4.78, 5) is 18.5. The van der Waals surface area contributed by atoms with Gasteiger partial charge in [-0.1, -0.05) is 6.07 Å². The van der Waals surface area contributed by atoms with Gasteiger partial charge in [-0.15, -0.1) is 0 Å². The lowest BCUT2D eigenvalue weighted by molar-refractivity contribution is -0.133. The monoisotopic (exact) mass is 334 g/mol. The number of imidazole rings is 1. The van der Waals surface area contributed by atoms with Gasteiger partial charge in [-0.3, -0.25) is 4.79 Å². The van der Waals surface area contributed by atoms with Gasteiger partial charge >= 0.3 is 0 Å². The number of aromatic nitrogens is 2. The van der Waals surface area contributed by atoms with Gasteiger partial charge in [-0.2, -0.15) is 0 Å². The fraction of sp³-hybridized carbons (Fsp3) is 0.412. The number of halogens is 2. The molecule has 0 bridgehead atoms. The molecule has 2 N–H and O–H groups in total. The van der Waals surface area contributed by atoms with Crippen molar-refractivity contribution in [2.45, 2.75) is 38.9 Å². The molecule has 2 aromatic rings. The lowest BCUT2D eigenvalue weighted by atomic mass is 10.0. The molecule has 1 aliphatic heterocycles. The summed E-state index contributed by atoms with van der Waals surface area (Å²) in [6, 6.07) is 2.88. The second-order valence-corrected chi connectivity index (χ2v) is 6.21. The van der Waals surface area contributed by atoms with E-state index in [-0.39, 0.29) is 18.7 Å². The van der Waals surface area contributed by atoms with Gasteiger partial charge < -0.3 is 15.2 Å². The number of benzene rings is 1. The van der Waals surface area contributed by atoms with E-state index in [1.807, 2.05) is 17.7 Å². The lowest BCUT2D eigenvalue weighted by Crippen LogP contribution is -2.41. The van der Waals surface area contributed by atoms with Crippen molar-refractivity contribution in [1.82, 2.24) is 14.5 Å². The third-order valence-electron chi connectivity index (χ3n) is 4.21. The first-order chi connectivity index (χ1) is 11.4. The maximum atomic E-state index is 13.7. The van der Waals surface area contributed by atoms with E-state index in [2.05, 4.69) is 4.98 Å². The highest BCUT2D eigenvalue weighted by Crippen LogP contribution is 2.16. The summed E-state index contributed by atoms with van der Waals surface area (Å²) in [6.07, 6.45) is 2.29. The van der Waals surface area contributed by atoms with Crippen molar-refractivity contribution in [2.24, 2.45) is 5.73 Å². The predicted molar refractivity (Wildman–Crippen MR) is 85.0 cm³/mol. The first kappa shape index (κ1) is 16.6. The molecule has 1 atom stereocenters. The Morgan fingerprint density at radius 1 is 1.38 bits per heavy atom. The number of amides is 1. The number of nitrogens with zero attached hydrogens (tertiary/aromatic N) is 3. The average Bonchev–Trinajstić information content (AvgIpc) is 2.89. The summed E-state index contributed by atoms with van der Waals surface area (Å²) in [5.74, 6) is -0.462. The van der Waals surface area contributed by atoms with Gasteiger partial charge in [0.25, 0.3) is 0 Å². The molecule has 0 spiro atoms. The molecule has 0 aliphatic carbocycles. The molecule has 0 radical (unpaired) electrons. The topological polar surface area (TPSA) is 64.2 Å². The quantitative estimate of drug-likeness (QED) is 0.927. The van der Waals surface area contributed by atoms with Crippen LogP contribution in [0.15, 0.2) is 24.4 Å². The van der Waals surface area contributed by atoms with Crippen molar-refractivity contribution < 1.29 is 13.6 Å². The number of carbonyl (C=O) groups excluding carboxylic acids is 1. The van der Waals surface area contributed by atoms with Crippen LogP contribution < -0.4 is 5.73 Å². The minimum atomic E-state index is -0.631. The van der Waals surface area contributed by atoms with Gasteiger partial charge in [0.2, 0.25) is 5.91 Å². The van der Waals surface area contributed by atoms with Crippen molar-refractivity contribution in [3.05, 3.63) is 53.1 Å². The molecule has 7 heteroatoms. The van der Waals surface area contributed by atoms with E-state index in [0.717, 1.165) is 17.6 Å². The standard InChI is InChI=1S/C17H20F2N4O/c1-11-9-22-4-5-23(10-16(22)21-11)17(24)8-14(20)6-12-2-3-13(18)7-15(12)19/h2-3,7,9,14H,4-6,8,10,20H2,1H3/t14-/m1/s1. The zero-order valence-electron chi connectivity index (χ0n) is 13.5. The second kappa shape index (κ2) is 6.68. The fourth-order valence-electron chi connectivity index (χ4n) is 3.00. The maximum Gasteiger partial charge on any atom is 0.224 e. The highest BCUT2D eigenvalue weighted by molar-refractivity contribution is 5.76. The third kappa shape index (κ3) is 3.62. The van der Waals surface area contributed by atoms with Crippen molar-refractivity contribution in [1.29, 1.82) is 0 Å². The summed E-state index contributed by atoms with van der Waals surface area (Å²) >= 11 is 0. The van der Waals surface area contributed by atoms with E-state index in [4.69, 9.17) is 5.73 Å². The van der Waals surface area contributed by atoms with Gasteiger partial charge in [-0.05, 0) is 25.0 Å². The fourth-order valence-corrected chi connectivity index (χ4v) is 3.00. The van der Waals surface area contributed by atoms with E-state index < -0.39 is 17.7 Å². The van der Waals surface area contributed by atoms with Gasteiger partial charge in [0.05, 0.1) is 12.2 Å². The Labute approximate surface area is 139 Å². The zero-order chi connectivity index (χ0) is 17.3. The van der Waals surface area contributed by atoms with Crippen LogP contribution in [0.4, 0.5) is 8.78 Å². The number of aryl methyl sites for hydroxylation is 1. The van der Waals surface area contributed by atoms with Crippen LogP contribution in [0.2, 0.25) is 0 Å². The highest BCUT2D eigenvalue weighted by Gasteiger charge is 2.23. The molecule has 1 aromatic heterocycles. The normalized spacial score (nSPS) is 15.2. The van der Waals surface area contributed by atoms with Gasteiger partial charge in [-0.25, -0.2) is 13.8 Å². The molecule has 5 nitrogen and oxygen atoms in total. The molecule has 3 rings (SSSR count). The van der Waals surface area contributed by atoms with Gasteiger partial charge in [0.15, 0.2) is 0 Å². The van der Waals surface area contributed by atoms with Crippen LogP contribution in [0, 0.1) is 18.6 Å². The second-order valence-electron chi connectivity index (χ2n) is 6.21.